The molecule has 0 radical (unpaired) electrons. The molecule has 2 rings (SSSR count). The number of nitrogens with one attached hydrogen (secondary N) is 1. The van der Waals surface area contributed by atoms with Gasteiger partial charge in [0, 0.05) is 11.6 Å². The summed E-state index contributed by atoms with van der Waals surface area (Å²) in [5.41, 5.74) is 1.04. The zero-order valence-electron chi connectivity index (χ0n) is 9.66. The summed E-state index contributed by atoms with van der Waals surface area (Å²) in [5, 5.41) is 3.85. The molecule has 0 fully saturated rings. The van der Waals surface area contributed by atoms with Gasteiger partial charge in [0.1, 0.15) is 10.8 Å². The Morgan fingerprint density at radius 1 is 1.05 bits per heavy atom. The molecule has 0 aliphatic rings. The molecule has 1 amide bonds. The molecule has 0 aliphatic heterocycles. The number of amides is 1. The minimum Gasteiger partial charge on any atom is -0.347 e. The Morgan fingerprint density at radius 3 is 2.42 bits per heavy atom. The van der Waals surface area contributed by atoms with Crippen molar-refractivity contribution < 1.29 is 4.79 Å². The molecule has 0 aliphatic carbocycles. The number of hydrogen-bond acceptors (Lipinski definition) is 2. The largest absolute Gasteiger partial charge is 0.347 e. The maximum absolute atomic E-state index is 11.9. The number of nitrogens with zero attached hydrogens (tertiary/aromatic N) is 1. The summed E-state index contributed by atoms with van der Waals surface area (Å²) in [4.78, 5) is 15.8. The van der Waals surface area contributed by atoms with Gasteiger partial charge in [-0.25, -0.2) is 4.98 Å². The third kappa shape index (κ3) is 3.83. The SMILES string of the molecule is O=C(NCc1ccc(Cl)cc1)c1nc(Cl)ccc1Cl. The van der Waals surface area contributed by atoms with Crippen LogP contribution in [-0.2, 0) is 6.54 Å². The molecule has 98 valence electrons. The molecule has 3 nitrogen and oxygen atoms in total. The average molecular weight is 316 g/mol. The van der Waals surface area contributed by atoms with Crippen LogP contribution >= 0.6 is 34.8 Å². The molecule has 1 aromatic carbocycles. The lowest BCUT2D eigenvalue weighted by Crippen LogP contribution is -2.24. The molecule has 1 N–H and O–H groups in total. The van der Waals surface area contributed by atoms with E-state index in [1.807, 2.05) is 12.1 Å². The highest BCUT2D eigenvalue weighted by Crippen LogP contribution is 2.17. The Hall–Kier alpha value is -1.29. The molecule has 1 aromatic heterocycles. The van der Waals surface area contributed by atoms with Crippen molar-refractivity contribution in [3.63, 3.8) is 0 Å². The van der Waals surface area contributed by atoms with Crippen LogP contribution in [0, 0.1) is 0 Å². The first-order chi connectivity index (χ1) is 9.06. The zero-order valence-corrected chi connectivity index (χ0v) is 11.9. The van der Waals surface area contributed by atoms with E-state index in [2.05, 4.69) is 10.3 Å². The first-order valence-electron chi connectivity index (χ1n) is 5.41. The van der Waals surface area contributed by atoms with Crippen molar-refractivity contribution in [1.82, 2.24) is 10.3 Å². The maximum atomic E-state index is 11.9. The van der Waals surface area contributed by atoms with E-state index in [1.54, 1.807) is 12.1 Å². The number of benzene rings is 1. The van der Waals surface area contributed by atoms with E-state index in [4.69, 9.17) is 34.8 Å². The van der Waals surface area contributed by atoms with Gasteiger partial charge < -0.3 is 5.32 Å². The van der Waals surface area contributed by atoms with Crippen LogP contribution < -0.4 is 5.32 Å². The summed E-state index contributed by atoms with van der Waals surface area (Å²) >= 11 is 17.4. The van der Waals surface area contributed by atoms with Crippen molar-refractivity contribution in [2.75, 3.05) is 0 Å². The lowest BCUT2D eigenvalue weighted by Gasteiger charge is -2.06. The van der Waals surface area contributed by atoms with Crippen molar-refractivity contribution in [3.8, 4) is 0 Å². The number of hydrogen-bond donors (Lipinski definition) is 1. The quantitative estimate of drug-likeness (QED) is 0.871. The third-order valence-corrected chi connectivity index (χ3v) is 3.16. The van der Waals surface area contributed by atoms with E-state index < -0.39 is 0 Å². The van der Waals surface area contributed by atoms with Crippen LogP contribution in [0.4, 0.5) is 0 Å². The minimum atomic E-state index is -0.373. The molecule has 6 heteroatoms. The van der Waals surface area contributed by atoms with Gasteiger partial charge in [-0.1, -0.05) is 46.9 Å². The Kier molecular flexibility index (Phi) is 4.64. The molecule has 0 saturated carbocycles. The number of halogens is 3. The van der Waals surface area contributed by atoms with E-state index in [0.717, 1.165) is 5.56 Å². The first kappa shape index (κ1) is 14.1. The van der Waals surface area contributed by atoms with Crippen LogP contribution in [0.15, 0.2) is 36.4 Å². The molecule has 0 spiro atoms. The zero-order chi connectivity index (χ0) is 13.8. The lowest BCUT2D eigenvalue weighted by molar-refractivity contribution is 0.0946. The molecule has 0 atom stereocenters. The maximum Gasteiger partial charge on any atom is 0.271 e. The second kappa shape index (κ2) is 6.24. The fraction of sp³-hybridized carbons (Fsp3) is 0.0769. The van der Waals surface area contributed by atoms with E-state index in [-0.39, 0.29) is 21.8 Å². The number of carbonyl (C=O) groups excluding carboxylic acids is 1. The number of aromatic nitrogens is 1. The van der Waals surface area contributed by atoms with E-state index in [9.17, 15) is 4.79 Å². The number of pyridine rings is 1. The summed E-state index contributed by atoms with van der Waals surface area (Å²) in [5.74, 6) is -0.373. The highest BCUT2D eigenvalue weighted by molar-refractivity contribution is 6.34. The molecule has 1 heterocycles. The van der Waals surface area contributed by atoms with Gasteiger partial charge >= 0.3 is 0 Å². The summed E-state index contributed by atoms with van der Waals surface area (Å²) in [7, 11) is 0. The normalized spacial score (nSPS) is 10.3. The molecular formula is C13H9Cl3N2O. The van der Waals surface area contributed by atoms with Gasteiger partial charge in [0.05, 0.1) is 5.02 Å². The van der Waals surface area contributed by atoms with Crippen molar-refractivity contribution in [3.05, 3.63) is 62.9 Å². The Labute approximate surface area is 125 Å². The highest BCUT2D eigenvalue weighted by Gasteiger charge is 2.12. The van der Waals surface area contributed by atoms with Crippen molar-refractivity contribution >= 4 is 40.7 Å². The Balaban J connectivity index is 2.05. The molecular weight excluding hydrogens is 307 g/mol. The predicted molar refractivity (Wildman–Crippen MR) is 76.9 cm³/mol. The summed E-state index contributed by atoms with van der Waals surface area (Å²) in [6.45, 7) is 0.362. The topological polar surface area (TPSA) is 42.0 Å². The summed E-state index contributed by atoms with van der Waals surface area (Å²) in [6.07, 6.45) is 0. The molecule has 0 saturated heterocycles. The van der Waals surface area contributed by atoms with Gasteiger partial charge in [-0.3, -0.25) is 4.79 Å². The monoisotopic (exact) mass is 314 g/mol. The fourth-order valence-corrected chi connectivity index (χ4v) is 1.91. The fourth-order valence-electron chi connectivity index (χ4n) is 1.45. The standard InChI is InChI=1S/C13H9Cl3N2O/c14-9-3-1-8(2-4-9)7-17-13(19)12-10(15)5-6-11(16)18-12/h1-6H,7H2,(H,17,19). The molecule has 0 bridgehead atoms. The third-order valence-electron chi connectivity index (χ3n) is 2.39. The Bertz CT molecular complexity index is 599. The van der Waals surface area contributed by atoms with Crippen molar-refractivity contribution in [1.29, 1.82) is 0 Å². The van der Waals surface area contributed by atoms with Gasteiger partial charge in [-0.2, -0.15) is 0 Å². The van der Waals surface area contributed by atoms with Crippen molar-refractivity contribution in [2.45, 2.75) is 6.54 Å². The molecule has 2 aromatic rings. The van der Waals surface area contributed by atoms with Gasteiger partial charge in [0.2, 0.25) is 0 Å². The van der Waals surface area contributed by atoms with Crippen LogP contribution in [0.25, 0.3) is 0 Å². The minimum absolute atomic E-state index is 0.114. The van der Waals surface area contributed by atoms with Gasteiger partial charge in [0.15, 0.2) is 0 Å². The van der Waals surface area contributed by atoms with Crippen LogP contribution in [0.3, 0.4) is 0 Å². The van der Waals surface area contributed by atoms with E-state index in [1.165, 1.54) is 12.1 Å². The van der Waals surface area contributed by atoms with Gasteiger partial charge in [-0.05, 0) is 29.8 Å². The predicted octanol–water partition coefficient (Wildman–Crippen LogP) is 3.97. The Morgan fingerprint density at radius 2 is 1.74 bits per heavy atom. The van der Waals surface area contributed by atoms with E-state index in [0.29, 0.717) is 11.6 Å². The van der Waals surface area contributed by atoms with Crippen LogP contribution in [-0.4, -0.2) is 10.9 Å². The van der Waals surface area contributed by atoms with E-state index >= 15 is 0 Å². The first-order valence-corrected chi connectivity index (χ1v) is 6.54. The van der Waals surface area contributed by atoms with Crippen LogP contribution in [0.1, 0.15) is 16.1 Å². The van der Waals surface area contributed by atoms with Crippen LogP contribution in [0.5, 0.6) is 0 Å². The highest BCUT2D eigenvalue weighted by atomic mass is 35.5. The van der Waals surface area contributed by atoms with Gasteiger partial charge in [0.25, 0.3) is 5.91 Å². The van der Waals surface area contributed by atoms with Crippen molar-refractivity contribution in [2.24, 2.45) is 0 Å². The summed E-state index contributed by atoms with van der Waals surface area (Å²) in [6, 6.07) is 10.2. The number of rotatable bonds is 3. The smallest absolute Gasteiger partial charge is 0.271 e. The lowest BCUT2D eigenvalue weighted by atomic mass is 10.2. The second-order valence-electron chi connectivity index (χ2n) is 3.77. The molecule has 0 unspecified atom stereocenters. The van der Waals surface area contributed by atoms with Crippen LogP contribution in [0.2, 0.25) is 15.2 Å². The van der Waals surface area contributed by atoms with Gasteiger partial charge in [-0.15, -0.1) is 0 Å². The second-order valence-corrected chi connectivity index (χ2v) is 5.00. The molecule has 19 heavy (non-hydrogen) atoms. The number of carbonyl (C=O) groups is 1. The average Bonchev–Trinajstić information content (AvgIpc) is 2.40. The summed E-state index contributed by atoms with van der Waals surface area (Å²) < 4.78 is 0.